The fourth-order valence-electron chi connectivity index (χ4n) is 5.02. The molecule has 0 aliphatic heterocycles. The monoisotopic (exact) mass is 639 g/mol. The van der Waals surface area contributed by atoms with Gasteiger partial charge in [0.05, 0.1) is 10.6 Å². The zero-order valence-electron chi connectivity index (χ0n) is 23.8. The number of benzene rings is 3. The van der Waals surface area contributed by atoms with E-state index in [-0.39, 0.29) is 23.4 Å². The highest BCUT2D eigenvalue weighted by molar-refractivity contribution is 9.10. The second-order valence-corrected chi connectivity index (χ2v) is 13.6. The molecule has 1 fully saturated rings. The Labute approximate surface area is 252 Å². The van der Waals surface area contributed by atoms with Crippen LogP contribution in [-0.4, -0.2) is 43.8 Å². The molecule has 0 bridgehead atoms. The van der Waals surface area contributed by atoms with Crippen molar-refractivity contribution in [1.82, 2.24) is 10.2 Å². The van der Waals surface area contributed by atoms with Crippen LogP contribution in [0.4, 0.5) is 5.69 Å². The largest absolute Gasteiger partial charge is 0.352 e. The molecule has 4 rings (SSSR count). The average molecular weight is 641 g/mol. The molecule has 9 heteroatoms. The van der Waals surface area contributed by atoms with Gasteiger partial charge in [0.15, 0.2) is 0 Å². The van der Waals surface area contributed by atoms with E-state index in [2.05, 4.69) is 21.2 Å². The summed E-state index contributed by atoms with van der Waals surface area (Å²) in [6.07, 6.45) is 5.17. The number of carbonyl (C=O) groups excluding carboxylic acids is 2. The topological polar surface area (TPSA) is 86.8 Å². The van der Waals surface area contributed by atoms with Crippen molar-refractivity contribution in [2.75, 3.05) is 10.8 Å². The van der Waals surface area contributed by atoms with E-state index < -0.39 is 28.5 Å². The van der Waals surface area contributed by atoms with Gasteiger partial charge in [-0.15, -0.1) is 0 Å². The van der Waals surface area contributed by atoms with Crippen molar-refractivity contribution in [3.8, 4) is 0 Å². The van der Waals surface area contributed by atoms with Gasteiger partial charge in [0, 0.05) is 17.1 Å². The molecule has 1 aliphatic rings. The maximum absolute atomic E-state index is 14.1. The summed E-state index contributed by atoms with van der Waals surface area (Å²) in [5.74, 6) is -0.690. The Balaban J connectivity index is 1.66. The molecule has 1 N–H and O–H groups in total. The molecule has 1 saturated carbocycles. The Morgan fingerprint density at radius 1 is 0.878 bits per heavy atom. The first-order chi connectivity index (χ1) is 19.5. The fourth-order valence-corrected chi connectivity index (χ4v) is 6.69. The van der Waals surface area contributed by atoms with Crippen molar-refractivity contribution in [3.05, 3.63) is 94.0 Å². The molecule has 7 nitrogen and oxygen atoms in total. The second-order valence-electron chi connectivity index (χ2n) is 10.8. The molecule has 0 saturated heterocycles. The Morgan fingerprint density at radius 3 is 2.02 bits per heavy atom. The third-order valence-corrected chi connectivity index (χ3v) is 9.91. The van der Waals surface area contributed by atoms with E-state index in [1.165, 1.54) is 11.3 Å². The van der Waals surface area contributed by atoms with Gasteiger partial charge in [-0.05, 0) is 75.6 Å². The number of sulfonamides is 1. The molecular weight excluding hydrogens is 602 g/mol. The van der Waals surface area contributed by atoms with Crippen LogP contribution in [0, 0.1) is 13.8 Å². The predicted molar refractivity (Wildman–Crippen MR) is 166 cm³/mol. The highest BCUT2D eigenvalue weighted by Gasteiger charge is 2.33. The molecule has 0 aromatic heterocycles. The van der Waals surface area contributed by atoms with Gasteiger partial charge in [-0.2, -0.15) is 0 Å². The van der Waals surface area contributed by atoms with E-state index in [0.29, 0.717) is 5.69 Å². The van der Waals surface area contributed by atoms with E-state index in [1.807, 2.05) is 38.1 Å². The SMILES string of the molecule is Cc1ccc(CN(C(=O)CN(c2ccc(Br)cc2)S(=O)(=O)c2ccc(C)cc2)[C@H](C)C(=O)NC2CCCCC2)cc1. The Hall–Kier alpha value is -3.17. The smallest absolute Gasteiger partial charge is 0.264 e. The van der Waals surface area contributed by atoms with Crippen LogP contribution in [0.5, 0.6) is 0 Å². The second kappa shape index (κ2) is 13.7. The summed E-state index contributed by atoms with van der Waals surface area (Å²) in [6, 6.07) is 20.4. The summed E-state index contributed by atoms with van der Waals surface area (Å²) < 4.78 is 29.7. The van der Waals surface area contributed by atoms with Gasteiger partial charge in [0.25, 0.3) is 10.0 Å². The number of nitrogens with one attached hydrogen (secondary N) is 1. The first-order valence-electron chi connectivity index (χ1n) is 14.0. The average Bonchev–Trinajstić information content (AvgIpc) is 2.96. The van der Waals surface area contributed by atoms with Crippen LogP contribution in [0.1, 0.15) is 55.7 Å². The molecule has 0 heterocycles. The number of anilines is 1. The van der Waals surface area contributed by atoms with Crippen molar-refractivity contribution in [3.63, 3.8) is 0 Å². The van der Waals surface area contributed by atoms with Crippen LogP contribution in [0.3, 0.4) is 0 Å². The van der Waals surface area contributed by atoms with Crippen LogP contribution in [0.2, 0.25) is 0 Å². The molecule has 1 atom stereocenters. The van der Waals surface area contributed by atoms with E-state index in [0.717, 1.165) is 51.2 Å². The van der Waals surface area contributed by atoms with Crippen LogP contribution >= 0.6 is 15.9 Å². The van der Waals surface area contributed by atoms with Crippen molar-refractivity contribution in [2.24, 2.45) is 0 Å². The van der Waals surface area contributed by atoms with E-state index in [1.54, 1.807) is 55.5 Å². The molecule has 1 aliphatic carbocycles. The Bertz CT molecular complexity index is 1440. The highest BCUT2D eigenvalue weighted by atomic mass is 79.9. The normalized spacial score (nSPS) is 14.7. The minimum atomic E-state index is -4.09. The number of hydrogen-bond acceptors (Lipinski definition) is 4. The van der Waals surface area contributed by atoms with E-state index in [4.69, 9.17) is 0 Å². The molecule has 41 heavy (non-hydrogen) atoms. The zero-order valence-corrected chi connectivity index (χ0v) is 26.2. The van der Waals surface area contributed by atoms with Crippen molar-refractivity contribution < 1.29 is 18.0 Å². The molecule has 3 aromatic carbocycles. The summed E-state index contributed by atoms with van der Waals surface area (Å²) in [5, 5.41) is 3.13. The van der Waals surface area contributed by atoms with E-state index in [9.17, 15) is 18.0 Å². The first-order valence-corrected chi connectivity index (χ1v) is 16.3. The zero-order chi connectivity index (χ0) is 29.6. The van der Waals surface area contributed by atoms with Crippen LogP contribution < -0.4 is 9.62 Å². The predicted octanol–water partition coefficient (Wildman–Crippen LogP) is 6.13. The third kappa shape index (κ3) is 7.98. The quantitative estimate of drug-likeness (QED) is 0.289. The molecule has 3 aromatic rings. The van der Waals surface area contributed by atoms with Gasteiger partial charge in [-0.1, -0.05) is 82.7 Å². The third-order valence-electron chi connectivity index (χ3n) is 7.59. The maximum atomic E-state index is 14.1. The standard InChI is InChI=1S/C32H38BrN3O4S/c1-23-9-13-26(14-10-23)21-35(25(3)32(38)34-28-7-5-4-6-8-28)31(37)22-36(29-17-15-27(33)16-18-29)41(39,40)30-19-11-24(2)12-20-30/h9-20,25,28H,4-8,21-22H2,1-3H3,(H,34,38)/t25-/m1/s1. The Kier molecular flexibility index (Phi) is 10.3. The molecule has 2 amide bonds. The molecular formula is C32H38BrN3O4S. The summed E-state index contributed by atoms with van der Waals surface area (Å²) in [6.45, 7) is 5.30. The summed E-state index contributed by atoms with van der Waals surface area (Å²) in [7, 11) is -4.09. The number of carbonyl (C=O) groups is 2. The van der Waals surface area contributed by atoms with Gasteiger partial charge in [-0.3, -0.25) is 13.9 Å². The summed E-state index contributed by atoms with van der Waals surface area (Å²) in [5.41, 5.74) is 3.23. The van der Waals surface area contributed by atoms with Crippen molar-refractivity contribution in [2.45, 2.75) is 76.4 Å². The molecule has 0 spiro atoms. The van der Waals surface area contributed by atoms with Crippen LogP contribution in [-0.2, 0) is 26.2 Å². The lowest BCUT2D eigenvalue weighted by molar-refractivity contribution is -0.139. The Morgan fingerprint density at radius 2 is 1.44 bits per heavy atom. The number of amides is 2. The van der Waals surface area contributed by atoms with Gasteiger partial charge in [0.2, 0.25) is 11.8 Å². The number of nitrogens with zero attached hydrogens (tertiary/aromatic N) is 2. The lowest BCUT2D eigenvalue weighted by atomic mass is 9.95. The maximum Gasteiger partial charge on any atom is 0.264 e. The van der Waals surface area contributed by atoms with Crippen LogP contribution in [0.15, 0.2) is 82.2 Å². The number of halogens is 1. The molecule has 218 valence electrons. The summed E-state index contributed by atoms with van der Waals surface area (Å²) in [4.78, 5) is 29.0. The van der Waals surface area contributed by atoms with Gasteiger partial charge >= 0.3 is 0 Å². The molecule has 0 radical (unpaired) electrons. The van der Waals surface area contributed by atoms with Crippen molar-refractivity contribution >= 4 is 43.5 Å². The minimum Gasteiger partial charge on any atom is -0.352 e. The van der Waals surface area contributed by atoms with Crippen molar-refractivity contribution in [1.29, 1.82) is 0 Å². The van der Waals surface area contributed by atoms with Gasteiger partial charge in [0.1, 0.15) is 12.6 Å². The fraction of sp³-hybridized carbons (Fsp3) is 0.375. The highest BCUT2D eigenvalue weighted by Crippen LogP contribution is 2.26. The number of aryl methyl sites for hydroxylation is 2. The molecule has 0 unspecified atom stereocenters. The van der Waals surface area contributed by atoms with Gasteiger partial charge in [-0.25, -0.2) is 8.42 Å². The van der Waals surface area contributed by atoms with E-state index >= 15 is 0 Å². The van der Waals surface area contributed by atoms with Crippen LogP contribution in [0.25, 0.3) is 0 Å². The summed E-state index contributed by atoms with van der Waals surface area (Å²) >= 11 is 3.40. The lowest BCUT2D eigenvalue weighted by Gasteiger charge is -2.33. The first kappa shape index (κ1) is 30.8. The number of rotatable bonds is 10. The van der Waals surface area contributed by atoms with Gasteiger partial charge < -0.3 is 10.2 Å². The number of hydrogen-bond donors (Lipinski definition) is 1. The minimum absolute atomic E-state index is 0.0898. The lowest BCUT2D eigenvalue weighted by Crippen LogP contribution is -2.53.